The molecule has 11 heteroatoms. The van der Waals surface area contributed by atoms with E-state index in [1.807, 2.05) is 32.0 Å². The zero-order valence-corrected chi connectivity index (χ0v) is 20.1. The predicted molar refractivity (Wildman–Crippen MR) is 128 cm³/mol. The van der Waals surface area contributed by atoms with E-state index in [1.165, 1.54) is 66.6 Å². The van der Waals surface area contributed by atoms with Crippen LogP contribution in [0, 0.1) is 13.8 Å². The predicted octanol–water partition coefficient (Wildman–Crippen LogP) is 4.20. The molecule has 0 bridgehead atoms. The molecule has 0 radical (unpaired) electrons. The number of anilines is 3. The van der Waals surface area contributed by atoms with Gasteiger partial charge < -0.3 is 20.1 Å². The highest BCUT2D eigenvalue weighted by Crippen LogP contribution is 2.28. The number of aromatic nitrogens is 2. The molecule has 0 fully saturated rings. The zero-order chi connectivity index (χ0) is 24.0. The first kappa shape index (κ1) is 24.2. The molecular weight excluding hydrogens is 464 g/mol. The summed E-state index contributed by atoms with van der Waals surface area (Å²) in [6.45, 7) is 4.08. The van der Waals surface area contributed by atoms with Gasteiger partial charge in [0.2, 0.25) is 11.0 Å². The summed E-state index contributed by atoms with van der Waals surface area (Å²) in [5, 5.41) is 14.7. The zero-order valence-electron chi connectivity index (χ0n) is 18.4. The Hall–Kier alpha value is -3.44. The van der Waals surface area contributed by atoms with E-state index in [9.17, 15) is 14.4 Å². The maximum absolute atomic E-state index is 12.5. The van der Waals surface area contributed by atoms with Gasteiger partial charge in [0.15, 0.2) is 4.34 Å². The van der Waals surface area contributed by atoms with Crippen molar-refractivity contribution in [1.82, 2.24) is 10.2 Å². The van der Waals surface area contributed by atoms with Gasteiger partial charge in [-0.25, -0.2) is 9.59 Å². The highest BCUT2D eigenvalue weighted by molar-refractivity contribution is 8.01. The Bertz CT molecular complexity index is 1200. The number of benzene rings is 2. The first-order valence-electron chi connectivity index (χ1n) is 9.71. The van der Waals surface area contributed by atoms with Crippen molar-refractivity contribution < 1.29 is 23.9 Å². The van der Waals surface area contributed by atoms with Crippen LogP contribution in [0.3, 0.4) is 0 Å². The normalized spacial score (nSPS) is 10.4. The molecule has 2 aromatic carbocycles. The van der Waals surface area contributed by atoms with E-state index in [-0.39, 0.29) is 28.5 Å². The van der Waals surface area contributed by atoms with Gasteiger partial charge in [0.05, 0.1) is 36.8 Å². The number of hydrogen-bond acceptors (Lipinski definition) is 10. The van der Waals surface area contributed by atoms with Gasteiger partial charge in [0, 0.05) is 5.69 Å². The SMILES string of the molecule is COC(=O)c1ccc(C(=O)OC)c(NC(=O)CSc2nnc(Nc3ccc(C)c(C)c3)s2)c1. The topological polar surface area (TPSA) is 120 Å². The fraction of sp³-hybridized carbons (Fsp3) is 0.227. The van der Waals surface area contributed by atoms with E-state index in [1.54, 1.807) is 0 Å². The largest absolute Gasteiger partial charge is 0.465 e. The quantitative estimate of drug-likeness (QED) is 0.356. The molecular formula is C22H22N4O5S2. The molecule has 1 amide bonds. The summed E-state index contributed by atoms with van der Waals surface area (Å²) in [7, 11) is 2.48. The molecule has 172 valence electrons. The van der Waals surface area contributed by atoms with Crippen LogP contribution in [0.4, 0.5) is 16.5 Å². The van der Waals surface area contributed by atoms with Crippen molar-refractivity contribution in [2.75, 3.05) is 30.6 Å². The molecule has 1 heterocycles. The van der Waals surface area contributed by atoms with Gasteiger partial charge in [0.1, 0.15) is 0 Å². The van der Waals surface area contributed by atoms with Crippen LogP contribution < -0.4 is 10.6 Å². The first-order chi connectivity index (χ1) is 15.8. The number of ether oxygens (including phenoxy) is 2. The summed E-state index contributed by atoms with van der Waals surface area (Å²) in [6, 6.07) is 10.2. The molecule has 0 aliphatic rings. The Labute approximate surface area is 198 Å². The van der Waals surface area contributed by atoms with E-state index in [2.05, 4.69) is 20.8 Å². The molecule has 0 aliphatic carbocycles. The molecule has 3 rings (SSSR count). The van der Waals surface area contributed by atoms with Crippen molar-refractivity contribution in [3.05, 3.63) is 58.7 Å². The Morgan fingerprint density at radius 2 is 1.73 bits per heavy atom. The molecule has 2 N–H and O–H groups in total. The lowest BCUT2D eigenvalue weighted by Crippen LogP contribution is -2.18. The number of esters is 2. The van der Waals surface area contributed by atoms with Crippen LogP contribution in [-0.4, -0.2) is 48.0 Å². The summed E-state index contributed by atoms with van der Waals surface area (Å²) in [5.74, 6) is -1.58. The molecule has 0 saturated carbocycles. The van der Waals surface area contributed by atoms with Crippen LogP contribution in [0.5, 0.6) is 0 Å². The van der Waals surface area contributed by atoms with E-state index >= 15 is 0 Å². The Kier molecular flexibility index (Phi) is 8.01. The van der Waals surface area contributed by atoms with Crippen molar-refractivity contribution in [2.24, 2.45) is 0 Å². The van der Waals surface area contributed by atoms with Crippen molar-refractivity contribution in [3.63, 3.8) is 0 Å². The number of carbonyl (C=O) groups is 3. The summed E-state index contributed by atoms with van der Waals surface area (Å²) >= 11 is 2.53. The molecule has 0 saturated heterocycles. The van der Waals surface area contributed by atoms with Gasteiger partial charge in [-0.3, -0.25) is 4.79 Å². The first-order valence-corrected chi connectivity index (χ1v) is 11.5. The van der Waals surface area contributed by atoms with Crippen LogP contribution in [0.2, 0.25) is 0 Å². The van der Waals surface area contributed by atoms with Crippen LogP contribution in [0.1, 0.15) is 31.8 Å². The molecule has 0 spiro atoms. The number of carbonyl (C=O) groups excluding carboxylic acids is 3. The second kappa shape index (κ2) is 10.9. The molecule has 0 unspecified atom stereocenters. The summed E-state index contributed by atoms with van der Waals surface area (Å²) < 4.78 is 10.0. The fourth-order valence-electron chi connectivity index (χ4n) is 2.76. The van der Waals surface area contributed by atoms with Gasteiger partial charge in [-0.05, 0) is 55.3 Å². The van der Waals surface area contributed by atoms with Crippen molar-refractivity contribution >= 4 is 57.5 Å². The molecule has 0 aliphatic heterocycles. The molecule has 9 nitrogen and oxygen atoms in total. The van der Waals surface area contributed by atoms with E-state index < -0.39 is 11.9 Å². The van der Waals surface area contributed by atoms with E-state index in [0.29, 0.717) is 9.47 Å². The maximum atomic E-state index is 12.5. The lowest BCUT2D eigenvalue weighted by atomic mass is 10.1. The van der Waals surface area contributed by atoms with Gasteiger partial charge in [-0.2, -0.15) is 0 Å². The number of rotatable bonds is 8. The lowest BCUT2D eigenvalue weighted by molar-refractivity contribution is -0.113. The minimum Gasteiger partial charge on any atom is -0.465 e. The van der Waals surface area contributed by atoms with Crippen LogP contribution in [0.15, 0.2) is 40.7 Å². The number of hydrogen-bond donors (Lipinski definition) is 2. The highest BCUT2D eigenvalue weighted by atomic mass is 32.2. The smallest absolute Gasteiger partial charge is 0.339 e. The number of nitrogens with zero attached hydrogens (tertiary/aromatic N) is 2. The van der Waals surface area contributed by atoms with Gasteiger partial charge in [-0.15, -0.1) is 10.2 Å². The number of amides is 1. The van der Waals surface area contributed by atoms with Crippen molar-refractivity contribution in [2.45, 2.75) is 18.2 Å². The second-order valence-electron chi connectivity index (χ2n) is 6.88. The number of methoxy groups -OCH3 is 2. The maximum Gasteiger partial charge on any atom is 0.339 e. The summed E-state index contributed by atoms with van der Waals surface area (Å²) in [6.07, 6.45) is 0. The fourth-order valence-corrected chi connectivity index (χ4v) is 4.33. The third-order valence-corrected chi connectivity index (χ3v) is 6.58. The standard InChI is InChI=1S/C22H22N4O5S2/c1-12-5-7-15(9-13(12)2)23-21-25-26-22(33-21)32-11-18(27)24-17-10-14(19(28)30-3)6-8-16(17)20(29)31-4/h5-10H,11H2,1-4H3,(H,23,25)(H,24,27). The van der Waals surface area contributed by atoms with E-state index in [4.69, 9.17) is 9.47 Å². The second-order valence-corrected chi connectivity index (χ2v) is 9.08. The number of thioether (sulfide) groups is 1. The lowest BCUT2D eigenvalue weighted by Gasteiger charge is -2.11. The average Bonchev–Trinajstić information content (AvgIpc) is 3.26. The van der Waals surface area contributed by atoms with E-state index in [0.717, 1.165) is 5.69 Å². The molecule has 1 aromatic heterocycles. The average molecular weight is 487 g/mol. The third kappa shape index (κ3) is 6.30. The van der Waals surface area contributed by atoms with Crippen molar-refractivity contribution in [1.29, 1.82) is 0 Å². The monoisotopic (exact) mass is 486 g/mol. The van der Waals surface area contributed by atoms with Gasteiger partial charge in [-0.1, -0.05) is 29.2 Å². The Morgan fingerprint density at radius 3 is 2.42 bits per heavy atom. The van der Waals surface area contributed by atoms with Crippen LogP contribution >= 0.6 is 23.1 Å². The Balaban J connectivity index is 1.64. The Morgan fingerprint density at radius 1 is 0.970 bits per heavy atom. The number of nitrogens with one attached hydrogen (secondary N) is 2. The number of aryl methyl sites for hydroxylation is 2. The highest BCUT2D eigenvalue weighted by Gasteiger charge is 2.18. The molecule has 33 heavy (non-hydrogen) atoms. The molecule has 0 atom stereocenters. The van der Waals surface area contributed by atoms with Gasteiger partial charge >= 0.3 is 11.9 Å². The van der Waals surface area contributed by atoms with Crippen LogP contribution in [0.25, 0.3) is 0 Å². The summed E-state index contributed by atoms with van der Waals surface area (Å²) in [4.78, 5) is 36.3. The van der Waals surface area contributed by atoms with Gasteiger partial charge in [0.25, 0.3) is 0 Å². The molecule has 3 aromatic rings. The van der Waals surface area contributed by atoms with Crippen LogP contribution in [-0.2, 0) is 14.3 Å². The minimum absolute atomic E-state index is 0.0291. The van der Waals surface area contributed by atoms with Crippen molar-refractivity contribution in [3.8, 4) is 0 Å². The summed E-state index contributed by atoms with van der Waals surface area (Å²) in [5.41, 5.74) is 3.75. The third-order valence-electron chi connectivity index (χ3n) is 4.61. The minimum atomic E-state index is -0.638.